The molecule has 74 heavy (non-hydrogen) atoms. The lowest BCUT2D eigenvalue weighted by atomic mass is 9.80. The Labute approximate surface area is 452 Å². The molecule has 0 saturated heterocycles. The van der Waals surface area contributed by atoms with Gasteiger partial charge in [-0.15, -0.1) is 0 Å². The molecule has 0 saturated carbocycles. The number of rotatable bonds is 15. The lowest BCUT2D eigenvalue weighted by Crippen LogP contribution is -2.20. The summed E-state index contributed by atoms with van der Waals surface area (Å²) in [5.74, 6) is 4.54. The minimum atomic E-state index is -1.62. The van der Waals surface area contributed by atoms with Crippen LogP contribution in [0, 0.1) is 11.8 Å². The summed E-state index contributed by atoms with van der Waals surface area (Å²) in [6, 6.07) is 44.4. The molecule has 0 atom stereocenters. The quantitative estimate of drug-likeness (QED) is 0.0961. The number of hydrogen-bond acceptors (Lipinski definition) is 4. The van der Waals surface area contributed by atoms with Crippen molar-refractivity contribution in [1.82, 2.24) is 0 Å². The van der Waals surface area contributed by atoms with Gasteiger partial charge < -0.3 is 18.1 Å². The Morgan fingerprint density at radius 2 is 0.568 bits per heavy atom. The Bertz CT molecular complexity index is 2680. The van der Waals surface area contributed by atoms with E-state index in [0.717, 1.165) is 57.6 Å². The van der Waals surface area contributed by atoms with Crippen LogP contribution in [0.2, 0.25) is 0 Å². The highest BCUT2D eigenvalue weighted by molar-refractivity contribution is 7.57. The van der Waals surface area contributed by atoms with Crippen LogP contribution in [-0.2, 0) is 45.3 Å². The second-order valence-electron chi connectivity index (χ2n) is 27.8. The van der Waals surface area contributed by atoms with Crippen LogP contribution in [0.25, 0.3) is 11.1 Å². The van der Waals surface area contributed by atoms with Crippen molar-refractivity contribution < 1.29 is 18.1 Å². The summed E-state index contributed by atoms with van der Waals surface area (Å²) >= 11 is 0. The molecule has 0 aliphatic rings. The molecule has 6 rings (SSSR count). The first-order chi connectivity index (χ1) is 34.1. The molecule has 0 N–H and O–H groups in total. The molecule has 0 spiro atoms. The van der Waals surface area contributed by atoms with E-state index in [-0.39, 0.29) is 32.5 Å². The van der Waals surface area contributed by atoms with Crippen LogP contribution in [0.15, 0.2) is 121 Å². The van der Waals surface area contributed by atoms with Gasteiger partial charge in [0.2, 0.25) is 0 Å². The molecule has 0 aliphatic heterocycles. The van der Waals surface area contributed by atoms with E-state index in [0.29, 0.717) is 11.8 Å². The van der Waals surface area contributed by atoms with Crippen LogP contribution in [0.4, 0.5) is 0 Å². The standard InChI is InChI=1S/C68H92O4P2/c1-45(2)39-47-23-35-59(55(41-47)65(11,12)13)69-73(70-60-36-24-48(40-46(3)4)42-56(60)66(14,15)16)53-31-25-49(26-32-53)50-27-33-54(34-28-50)74(71-61-37-29-51(63(5,6)7)43-57(61)67(17,18)19)72-62-38-30-52(64(8,9)10)44-58(62)68(20,21)22/h23-38,41-46H,39-40H2,1-22H3. The molecule has 0 fully saturated rings. The van der Waals surface area contributed by atoms with Gasteiger partial charge in [-0.3, -0.25) is 0 Å². The third-order valence-electron chi connectivity index (χ3n) is 13.5. The molecule has 0 bridgehead atoms. The Morgan fingerprint density at radius 1 is 0.311 bits per heavy atom. The van der Waals surface area contributed by atoms with Gasteiger partial charge in [-0.1, -0.05) is 225 Å². The monoisotopic (exact) mass is 1030 g/mol. The third kappa shape index (κ3) is 15.3. The number of hydrogen-bond donors (Lipinski definition) is 0. The summed E-state index contributed by atoms with van der Waals surface area (Å²) < 4.78 is 28.8. The normalized spacial score (nSPS) is 13.1. The first-order valence-corrected chi connectivity index (χ1v) is 29.5. The van der Waals surface area contributed by atoms with Crippen LogP contribution >= 0.6 is 16.8 Å². The summed E-state index contributed by atoms with van der Waals surface area (Å²) in [5.41, 5.74) is 11.5. The Kier molecular flexibility index (Phi) is 17.9. The van der Waals surface area contributed by atoms with Crippen molar-refractivity contribution in [3.63, 3.8) is 0 Å². The van der Waals surface area contributed by atoms with Crippen molar-refractivity contribution in [1.29, 1.82) is 0 Å². The van der Waals surface area contributed by atoms with Gasteiger partial charge in [0.05, 0.1) is 10.6 Å². The van der Waals surface area contributed by atoms with Crippen LogP contribution in [-0.4, -0.2) is 0 Å². The van der Waals surface area contributed by atoms with Crippen LogP contribution in [0.3, 0.4) is 0 Å². The van der Waals surface area contributed by atoms with Gasteiger partial charge in [-0.2, -0.15) is 0 Å². The minimum Gasteiger partial charge on any atom is -0.435 e. The SMILES string of the molecule is CC(C)Cc1ccc(OP(Oc2ccc(CC(C)C)cc2C(C)(C)C)c2ccc(-c3ccc(P(Oc4ccc(C(C)(C)C)cc4C(C)(C)C)Oc4ccc(C(C)(C)C)cc4C(C)(C)C)cc3)cc2)c(C(C)(C)C)c1. The van der Waals surface area contributed by atoms with E-state index in [4.69, 9.17) is 18.1 Å². The summed E-state index contributed by atoms with van der Waals surface area (Å²) in [4.78, 5) is 0. The lowest BCUT2D eigenvalue weighted by molar-refractivity contribution is 0.466. The van der Waals surface area contributed by atoms with Crippen LogP contribution < -0.4 is 28.7 Å². The predicted molar refractivity (Wildman–Crippen MR) is 323 cm³/mol. The van der Waals surface area contributed by atoms with Gasteiger partial charge in [0.25, 0.3) is 0 Å². The molecule has 4 nitrogen and oxygen atoms in total. The minimum absolute atomic E-state index is 0.00350. The zero-order valence-electron chi connectivity index (χ0n) is 49.6. The summed E-state index contributed by atoms with van der Waals surface area (Å²) in [6.07, 6.45) is 2.03. The molecule has 0 amide bonds. The maximum absolute atomic E-state index is 7.20. The third-order valence-corrected chi connectivity index (χ3v) is 16.4. The predicted octanol–water partition coefficient (Wildman–Crippen LogP) is 19.7. The van der Waals surface area contributed by atoms with Crippen molar-refractivity contribution in [2.45, 2.75) is 198 Å². The molecule has 0 heterocycles. The van der Waals surface area contributed by atoms with Crippen molar-refractivity contribution in [2.75, 3.05) is 0 Å². The topological polar surface area (TPSA) is 36.9 Å². The maximum atomic E-state index is 7.20. The summed E-state index contributed by atoms with van der Waals surface area (Å²) in [6.45, 7) is 49.9. The fourth-order valence-corrected chi connectivity index (χ4v) is 11.8. The van der Waals surface area contributed by atoms with Crippen LogP contribution in [0.1, 0.15) is 197 Å². The molecule has 6 aromatic carbocycles. The first-order valence-electron chi connectivity index (χ1n) is 27.2. The molecule has 398 valence electrons. The first kappa shape index (κ1) is 58.6. The maximum Gasteiger partial charge on any atom is 0.326 e. The molecular weight excluding hydrogens is 943 g/mol. The van der Waals surface area contributed by atoms with E-state index in [1.54, 1.807) is 0 Å². The highest BCUT2D eigenvalue weighted by atomic mass is 31.2. The average molecular weight is 1040 g/mol. The van der Waals surface area contributed by atoms with Gasteiger partial charge >= 0.3 is 16.8 Å². The molecule has 6 heteroatoms. The zero-order chi connectivity index (χ0) is 54.9. The van der Waals surface area contributed by atoms with Gasteiger partial charge in [-0.25, -0.2) is 0 Å². The van der Waals surface area contributed by atoms with Gasteiger partial charge in [0, 0.05) is 22.3 Å². The summed E-state index contributed by atoms with van der Waals surface area (Å²) in [7, 11) is -3.22. The zero-order valence-corrected chi connectivity index (χ0v) is 51.4. The Balaban J connectivity index is 1.41. The van der Waals surface area contributed by atoms with Crippen molar-refractivity contribution in [3.8, 4) is 34.1 Å². The summed E-state index contributed by atoms with van der Waals surface area (Å²) in [5, 5.41) is 2.00. The fourth-order valence-electron chi connectivity index (χ4n) is 9.16. The van der Waals surface area contributed by atoms with E-state index < -0.39 is 16.8 Å². The van der Waals surface area contributed by atoms with Crippen molar-refractivity contribution in [3.05, 3.63) is 166 Å². The molecule has 0 aliphatic carbocycles. The van der Waals surface area contributed by atoms with E-state index in [2.05, 4.69) is 274 Å². The van der Waals surface area contributed by atoms with Gasteiger partial charge in [-0.05, 0) is 139 Å². The highest BCUT2D eigenvalue weighted by Crippen LogP contribution is 2.49. The second kappa shape index (κ2) is 22.5. The molecule has 6 aromatic rings. The number of benzene rings is 6. The molecule has 0 aromatic heterocycles. The molecule has 0 unspecified atom stereocenters. The largest absolute Gasteiger partial charge is 0.435 e. The fraction of sp³-hybridized carbons (Fsp3) is 0.471. The van der Waals surface area contributed by atoms with E-state index in [9.17, 15) is 0 Å². The molecule has 0 radical (unpaired) electrons. The Hall–Kier alpha value is -4.62. The van der Waals surface area contributed by atoms with Gasteiger partial charge in [0.1, 0.15) is 23.0 Å². The van der Waals surface area contributed by atoms with E-state index in [1.807, 2.05) is 0 Å². The Morgan fingerprint density at radius 3 is 0.811 bits per heavy atom. The highest BCUT2D eigenvalue weighted by Gasteiger charge is 2.32. The van der Waals surface area contributed by atoms with Crippen molar-refractivity contribution >= 4 is 27.4 Å². The van der Waals surface area contributed by atoms with E-state index in [1.165, 1.54) is 44.5 Å². The average Bonchev–Trinajstić information content (AvgIpc) is 3.27. The van der Waals surface area contributed by atoms with E-state index >= 15 is 0 Å². The smallest absolute Gasteiger partial charge is 0.326 e. The molecular formula is C68H92O4P2. The lowest BCUT2D eigenvalue weighted by Gasteiger charge is -2.30. The van der Waals surface area contributed by atoms with Crippen molar-refractivity contribution in [2.24, 2.45) is 11.8 Å². The van der Waals surface area contributed by atoms with Gasteiger partial charge in [0.15, 0.2) is 0 Å². The second-order valence-corrected chi connectivity index (χ2v) is 30.5. The van der Waals surface area contributed by atoms with Crippen LogP contribution in [0.5, 0.6) is 23.0 Å².